The third-order valence-corrected chi connectivity index (χ3v) is 12.2. The topological polar surface area (TPSA) is 86.8 Å². The van der Waals surface area contributed by atoms with Crippen molar-refractivity contribution >= 4 is 43.5 Å². The average molecular weight is 721 g/mol. The quantitative estimate of drug-likeness (QED) is 0.210. The molecule has 0 unspecified atom stereocenters. The highest BCUT2D eigenvalue weighted by atomic mass is 79.9. The first-order valence-corrected chi connectivity index (χ1v) is 19.6. The maximum absolute atomic E-state index is 14.4. The summed E-state index contributed by atoms with van der Waals surface area (Å²) in [6.07, 6.45) is 9.95. The van der Waals surface area contributed by atoms with E-state index < -0.39 is 28.5 Å². The van der Waals surface area contributed by atoms with Crippen molar-refractivity contribution in [3.8, 4) is 0 Å². The molecule has 250 valence electrons. The van der Waals surface area contributed by atoms with Crippen LogP contribution in [0.15, 0.2) is 83.3 Å². The third kappa shape index (κ3) is 7.78. The van der Waals surface area contributed by atoms with Crippen LogP contribution in [0.3, 0.4) is 0 Å². The van der Waals surface area contributed by atoms with Crippen molar-refractivity contribution in [3.05, 3.63) is 100 Å². The van der Waals surface area contributed by atoms with E-state index in [1.54, 1.807) is 4.90 Å². The zero-order chi connectivity index (χ0) is 33.2. The molecule has 0 aromatic heterocycles. The predicted octanol–water partition coefficient (Wildman–Crippen LogP) is 6.85. The maximum Gasteiger partial charge on any atom is 0.244 e. The molecule has 0 spiro atoms. The highest BCUT2D eigenvalue weighted by Gasteiger charge is 2.51. The molecule has 47 heavy (non-hydrogen) atoms. The van der Waals surface area contributed by atoms with Crippen molar-refractivity contribution in [1.29, 1.82) is 0 Å². The summed E-state index contributed by atoms with van der Waals surface area (Å²) >= 11 is 3.48. The summed E-state index contributed by atoms with van der Waals surface area (Å²) in [6, 6.07) is 24.3. The molecule has 7 nitrogen and oxygen atoms in total. The minimum Gasteiger partial charge on any atom is -0.354 e. The molecule has 3 aromatic carbocycles. The number of nitrogens with zero attached hydrogens (tertiary/aromatic N) is 2. The first kappa shape index (κ1) is 33.7. The molecule has 0 aliphatic heterocycles. The number of halogens is 1. The molecule has 0 saturated heterocycles. The van der Waals surface area contributed by atoms with E-state index >= 15 is 0 Å². The first-order chi connectivity index (χ1) is 22.5. The van der Waals surface area contributed by atoms with Crippen molar-refractivity contribution < 1.29 is 18.0 Å². The Kier molecular flexibility index (Phi) is 10.1. The fourth-order valence-electron chi connectivity index (χ4n) is 8.77. The molecule has 0 heterocycles. The lowest BCUT2D eigenvalue weighted by Gasteiger charge is -2.57. The number of carbonyl (C=O) groups is 2. The van der Waals surface area contributed by atoms with Crippen molar-refractivity contribution in [3.63, 3.8) is 0 Å². The Morgan fingerprint density at radius 1 is 0.872 bits per heavy atom. The van der Waals surface area contributed by atoms with E-state index in [1.807, 2.05) is 73.7 Å². The highest BCUT2D eigenvalue weighted by Crippen LogP contribution is 2.60. The Hall–Kier alpha value is -3.17. The molecule has 1 atom stereocenters. The van der Waals surface area contributed by atoms with Gasteiger partial charge in [-0.1, -0.05) is 77.5 Å². The minimum atomic E-state index is -3.82. The van der Waals surface area contributed by atoms with E-state index in [4.69, 9.17) is 0 Å². The van der Waals surface area contributed by atoms with Gasteiger partial charge in [-0.3, -0.25) is 13.9 Å². The van der Waals surface area contributed by atoms with Crippen LogP contribution in [-0.4, -0.2) is 50.5 Å². The van der Waals surface area contributed by atoms with Crippen molar-refractivity contribution in [2.45, 2.75) is 76.3 Å². The number of sulfonamides is 1. The zero-order valence-electron chi connectivity index (χ0n) is 27.4. The van der Waals surface area contributed by atoms with Gasteiger partial charge in [-0.2, -0.15) is 0 Å². The van der Waals surface area contributed by atoms with Gasteiger partial charge < -0.3 is 10.2 Å². The second kappa shape index (κ2) is 14.1. The maximum atomic E-state index is 14.4. The minimum absolute atomic E-state index is 0.158. The van der Waals surface area contributed by atoms with Crippen LogP contribution >= 0.6 is 15.9 Å². The highest BCUT2D eigenvalue weighted by molar-refractivity contribution is 9.10. The van der Waals surface area contributed by atoms with Crippen LogP contribution in [0, 0.1) is 17.8 Å². The molecule has 3 aromatic rings. The van der Waals surface area contributed by atoms with Gasteiger partial charge in [-0.25, -0.2) is 8.42 Å². The van der Waals surface area contributed by atoms with Crippen LogP contribution in [0.2, 0.25) is 0 Å². The molecular formula is C38H46BrN3O4S. The van der Waals surface area contributed by atoms with E-state index in [0.717, 1.165) is 46.0 Å². The van der Waals surface area contributed by atoms with Crippen LogP contribution < -0.4 is 9.62 Å². The Morgan fingerprint density at radius 2 is 1.47 bits per heavy atom. The van der Waals surface area contributed by atoms with Crippen molar-refractivity contribution in [2.24, 2.45) is 17.8 Å². The number of nitrogens with one attached hydrogen (secondary N) is 1. The van der Waals surface area contributed by atoms with E-state index in [0.29, 0.717) is 18.7 Å². The van der Waals surface area contributed by atoms with Gasteiger partial charge in [0, 0.05) is 24.0 Å². The molecular weight excluding hydrogens is 674 g/mol. The average Bonchev–Trinajstić information content (AvgIpc) is 3.04. The summed E-state index contributed by atoms with van der Waals surface area (Å²) in [5, 5.41) is 2.99. The molecule has 4 saturated carbocycles. The number of anilines is 1. The fourth-order valence-corrected chi connectivity index (χ4v) is 9.88. The largest absolute Gasteiger partial charge is 0.354 e. The number of benzene rings is 3. The summed E-state index contributed by atoms with van der Waals surface area (Å²) in [5.74, 6) is 1.73. The molecule has 4 bridgehead atoms. The van der Waals surface area contributed by atoms with Gasteiger partial charge in [0.2, 0.25) is 21.8 Å². The molecule has 0 radical (unpaired) electrons. The van der Waals surface area contributed by atoms with E-state index in [1.165, 1.54) is 48.4 Å². The summed E-state index contributed by atoms with van der Waals surface area (Å²) in [7, 11) is -3.82. The van der Waals surface area contributed by atoms with Crippen LogP contribution in [0.1, 0.15) is 68.6 Å². The number of rotatable bonds is 13. The fraction of sp³-hybridized carbons (Fsp3) is 0.474. The summed E-state index contributed by atoms with van der Waals surface area (Å²) in [6.45, 7) is 2.22. The first-order valence-electron chi connectivity index (χ1n) is 17.0. The number of hydrogen-bond acceptors (Lipinski definition) is 4. The smallest absolute Gasteiger partial charge is 0.244 e. The normalized spacial score (nSPS) is 23.7. The van der Waals surface area contributed by atoms with Gasteiger partial charge in [0.25, 0.3) is 0 Å². The lowest BCUT2D eigenvalue weighted by molar-refractivity contribution is -0.140. The molecule has 9 heteroatoms. The second-order valence-corrected chi connectivity index (χ2v) is 17.0. The van der Waals surface area contributed by atoms with E-state index in [9.17, 15) is 18.0 Å². The van der Waals surface area contributed by atoms with Gasteiger partial charge >= 0.3 is 0 Å². The van der Waals surface area contributed by atoms with Gasteiger partial charge in [0.05, 0.1) is 11.9 Å². The van der Waals surface area contributed by atoms with E-state index in [2.05, 4.69) is 33.4 Å². The number of hydrogen-bond donors (Lipinski definition) is 1. The van der Waals surface area contributed by atoms with Gasteiger partial charge in [-0.05, 0) is 109 Å². The third-order valence-electron chi connectivity index (χ3n) is 10.6. The van der Waals surface area contributed by atoms with Gasteiger partial charge in [0.1, 0.15) is 12.6 Å². The van der Waals surface area contributed by atoms with Crippen LogP contribution in [0.25, 0.3) is 0 Å². The van der Waals surface area contributed by atoms with Gasteiger partial charge in [0.15, 0.2) is 0 Å². The Morgan fingerprint density at radius 3 is 2.02 bits per heavy atom. The molecule has 1 N–H and O–H groups in total. The van der Waals surface area contributed by atoms with Gasteiger partial charge in [-0.15, -0.1) is 0 Å². The van der Waals surface area contributed by atoms with E-state index in [-0.39, 0.29) is 17.9 Å². The Bertz CT molecular complexity index is 1630. The Labute approximate surface area is 288 Å². The molecule has 4 fully saturated rings. The standard InChI is InChI=1S/C38H46BrN3O4S/c1-3-17-40-37(44)35(21-27-7-5-4-6-8-27)41(25-28-9-13-33(39)14-10-28)36(43)26-42(47(2,45)46)34-15-11-32(12-16-34)38-22-29-18-30(23-38)20-31(19-29)24-38/h4-16,29-31,35H,3,17-26H2,1-2H3,(H,40,44)/t29?,30?,31?,35-,38?/m1/s1. The Balaban J connectivity index is 1.29. The molecule has 4 aliphatic carbocycles. The number of amides is 2. The van der Waals surface area contributed by atoms with Crippen LogP contribution in [-0.2, 0) is 38.0 Å². The monoisotopic (exact) mass is 719 g/mol. The molecule has 2 amide bonds. The second-order valence-electron chi connectivity index (χ2n) is 14.2. The molecule has 7 rings (SSSR count). The summed E-state index contributed by atoms with van der Waals surface area (Å²) in [4.78, 5) is 29.6. The molecule has 4 aliphatic rings. The van der Waals surface area contributed by atoms with Crippen LogP contribution in [0.4, 0.5) is 5.69 Å². The SMILES string of the molecule is CCCNC(=O)[C@@H](Cc1ccccc1)N(Cc1ccc(Br)cc1)C(=O)CN(c1ccc(C23CC4CC(CC(C4)C2)C3)cc1)S(C)(=O)=O. The zero-order valence-corrected chi connectivity index (χ0v) is 29.8. The van der Waals surface area contributed by atoms with Crippen molar-refractivity contribution in [1.82, 2.24) is 10.2 Å². The lowest BCUT2D eigenvalue weighted by atomic mass is 9.48. The number of carbonyl (C=O) groups excluding carboxylic acids is 2. The summed E-state index contributed by atoms with van der Waals surface area (Å²) < 4.78 is 28.7. The summed E-state index contributed by atoms with van der Waals surface area (Å²) in [5.41, 5.74) is 3.71. The van der Waals surface area contributed by atoms with Crippen molar-refractivity contribution in [2.75, 3.05) is 23.7 Å². The van der Waals surface area contributed by atoms with Crippen LogP contribution in [0.5, 0.6) is 0 Å². The predicted molar refractivity (Wildman–Crippen MR) is 190 cm³/mol. The lowest BCUT2D eigenvalue weighted by Crippen LogP contribution is -2.53.